The Morgan fingerprint density at radius 3 is 2.70 bits per heavy atom. The summed E-state index contributed by atoms with van der Waals surface area (Å²) < 4.78 is 7.38. The number of nitrogen functional groups attached to an aromatic ring is 1. The molecule has 1 aliphatic rings. The van der Waals surface area contributed by atoms with Gasteiger partial charge in [0, 0.05) is 12.4 Å². The molecule has 0 atom stereocenters. The Kier molecular flexibility index (Phi) is 3.49. The normalized spacial score (nSPS) is 22.6. The van der Waals surface area contributed by atoms with Crippen molar-refractivity contribution in [1.29, 1.82) is 0 Å². The van der Waals surface area contributed by atoms with Crippen LogP contribution in [0.5, 0.6) is 6.01 Å². The quantitative estimate of drug-likeness (QED) is 0.914. The molecule has 1 fully saturated rings. The molecule has 0 unspecified atom stereocenters. The number of rotatable bonds is 3. The van der Waals surface area contributed by atoms with Crippen LogP contribution in [0.1, 0.15) is 32.6 Å². The van der Waals surface area contributed by atoms with Crippen LogP contribution in [0.15, 0.2) is 18.5 Å². The molecule has 0 bridgehead atoms. The maximum absolute atomic E-state index is 5.84. The van der Waals surface area contributed by atoms with Crippen LogP contribution in [-0.4, -0.2) is 30.8 Å². The van der Waals surface area contributed by atoms with Gasteiger partial charge in [0.05, 0.1) is 0 Å². The molecule has 0 radical (unpaired) electrons. The van der Waals surface area contributed by atoms with Gasteiger partial charge in [-0.25, -0.2) is 4.68 Å². The van der Waals surface area contributed by atoms with E-state index in [0.29, 0.717) is 5.95 Å². The molecule has 2 N–H and O–H groups in total. The van der Waals surface area contributed by atoms with Crippen molar-refractivity contribution >= 4 is 5.95 Å². The van der Waals surface area contributed by atoms with Gasteiger partial charge in [0.1, 0.15) is 6.10 Å². The van der Waals surface area contributed by atoms with E-state index in [9.17, 15) is 0 Å². The van der Waals surface area contributed by atoms with Crippen LogP contribution in [0.4, 0.5) is 5.95 Å². The van der Waals surface area contributed by atoms with Crippen molar-refractivity contribution in [3.05, 3.63) is 18.5 Å². The highest BCUT2D eigenvalue weighted by Crippen LogP contribution is 2.26. The predicted molar refractivity (Wildman–Crippen MR) is 73.4 cm³/mol. The fourth-order valence-corrected chi connectivity index (χ4v) is 2.40. The molecule has 0 aliphatic heterocycles. The molecule has 106 valence electrons. The van der Waals surface area contributed by atoms with Crippen LogP contribution in [-0.2, 0) is 0 Å². The van der Waals surface area contributed by atoms with E-state index >= 15 is 0 Å². The second-order valence-electron chi connectivity index (χ2n) is 5.23. The van der Waals surface area contributed by atoms with Crippen LogP contribution < -0.4 is 10.5 Å². The minimum atomic E-state index is 0.143. The van der Waals surface area contributed by atoms with Gasteiger partial charge in [-0.3, -0.25) is 0 Å². The van der Waals surface area contributed by atoms with Crippen molar-refractivity contribution in [2.24, 2.45) is 5.92 Å². The largest absolute Gasteiger partial charge is 0.460 e. The van der Waals surface area contributed by atoms with Gasteiger partial charge in [-0.15, -0.1) is 0 Å². The third-order valence-electron chi connectivity index (χ3n) is 3.56. The van der Waals surface area contributed by atoms with Crippen LogP contribution >= 0.6 is 0 Å². The summed E-state index contributed by atoms with van der Waals surface area (Å²) in [4.78, 5) is 12.4. The number of nitrogens with two attached hydrogens (primary N) is 1. The summed E-state index contributed by atoms with van der Waals surface area (Å²) in [6.45, 7) is 2.27. The summed E-state index contributed by atoms with van der Waals surface area (Å²) >= 11 is 0. The smallest absolute Gasteiger partial charge is 0.323 e. The monoisotopic (exact) mass is 274 g/mol. The average Bonchev–Trinajstić information content (AvgIpc) is 2.95. The zero-order valence-electron chi connectivity index (χ0n) is 11.4. The first kappa shape index (κ1) is 12.8. The van der Waals surface area contributed by atoms with E-state index in [4.69, 9.17) is 10.5 Å². The van der Waals surface area contributed by atoms with Gasteiger partial charge in [-0.2, -0.15) is 20.1 Å². The molecule has 7 nitrogen and oxygen atoms in total. The van der Waals surface area contributed by atoms with E-state index in [-0.39, 0.29) is 18.1 Å². The van der Waals surface area contributed by atoms with Crippen LogP contribution in [0.25, 0.3) is 5.95 Å². The van der Waals surface area contributed by atoms with Crippen molar-refractivity contribution in [2.75, 3.05) is 5.73 Å². The Morgan fingerprint density at radius 1 is 1.20 bits per heavy atom. The molecular weight excluding hydrogens is 256 g/mol. The van der Waals surface area contributed by atoms with E-state index in [0.717, 1.165) is 18.8 Å². The Labute approximate surface area is 117 Å². The summed E-state index contributed by atoms with van der Waals surface area (Å²) in [6, 6.07) is 2.07. The molecule has 0 aromatic carbocycles. The zero-order valence-corrected chi connectivity index (χ0v) is 11.4. The predicted octanol–water partition coefficient (Wildman–Crippen LogP) is 1.60. The third-order valence-corrected chi connectivity index (χ3v) is 3.56. The molecule has 2 aromatic heterocycles. The lowest BCUT2D eigenvalue weighted by molar-refractivity contribution is 0.124. The second-order valence-corrected chi connectivity index (χ2v) is 5.23. The number of ether oxygens (including phenoxy) is 1. The maximum atomic E-state index is 5.84. The Bertz CT molecular complexity index is 562. The van der Waals surface area contributed by atoms with Crippen molar-refractivity contribution in [2.45, 2.75) is 38.7 Å². The molecular formula is C13H18N6O. The topological polar surface area (TPSA) is 91.7 Å². The van der Waals surface area contributed by atoms with Crippen molar-refractivity contribution in [1.82, 2.24) is 24.7 Å². The highest BCUT2D eigenvalue weighted by atomic mass is 16.5. The van der Waals surface area contributed by atoms with Gasteiger partial charge in [0.2, 0.25) is 5.95 Å². The molecule has 2 heterocycles. The van der Waals surface area contributed by atoms with E-state index in [1.165, 1.54) is 17.5 Å². The highest BCUT2D eigenvalue weighted by molar-refractivity contribution is 5.24. The van der Waals surface area contributed by atoms with E-state index < -0.39 is 0 Å². The zero-order chi connectivity index (χ0) is 13.9. The van der Waals surface area contributed by atoms with Crippen LogP contribution in [0, 0.1) is 5.92 Å². The first-order valence-electron chi connectivity index (χ1n) is 6.89. The summed E-state index contributed by atoms with van der Waals surface area (Å²) in [5.74, 6) is 1.30. The summed E-state index contributed by atoms with van der Waals surface area (Å²) in [7, 11) is 0. The minimum Gasteiger partial charge on any atom is -0.460 e. The van der Waals surface area contributed by atoms with Crippen molar-refractivity contribution in [3.8, 4) is 12.0 Å². The van der Waals surface area contributed by atoms with E-state index in [1.807, 2.05) is 0 Å². The number of hydrogen-bond acceptors (Lipinski definition) is 6. The lowest BCUT2D eigenvalue weighted by Gasteiger charge is -2.25. The van der Waals surface area contributed by atoms with Gasteiger partial charge >= 0.3 is 6.01 Å². The summed E-state index contributed by atoms with van der Waals surface area (Å²) in [5.41, 5.74) is 5.71. The van der Waals surface area contributed by atoms with Gasteiger partial charge in [-0.1, -0.05) is 6.92 Å². The lowest BCUT2D eigenvalue weighted by Crippen LogP contribution is -2.24. The molecule has 0 saturated heterocycles. The lowest BCUT2D eigenvalue weighted by atomic mass is 9.89. The number of hydrogen-bond donors (Lipinski definition) is 1. The molecule has 0 amide bonds. The first-order chi connectivity index (χ1) is 9.70. The molecule has 3 rings (SSSR count). The van der Waals surface area contributed by atoms with Gasteiger partial charge in [-0.05, 0) is 37.7 Å². The first-order valence-corrected chi connectivity index (χ1v) is 6.89. The maximum Gasteiger partial charge on any atom is 0.323 e. The number of anilines is 1. The van der Waals surface area contributed by atoms with E-state index in [1.54, 1.807) is 18.5 Å². The standard InChI is InChI=1S/C13H18N6O/c1-9-3-5-10(6-4-9)20-13-17-11(14)16-12(18-13)19-8-2-7-15-19/h2,7-10H,3-6H2,1H3,(H2,14,16,17,18). The highest BCUT2D eigenvalue weighted by Gasteiger charge is 2.21. The summed E-state index contributed by atoms with van der Waals surface area (Å²) in [6.07, 6.45) is 7.99. The fraction of sp³-hybridized carbons (Fsp3) is 0.538. The SMILES string of the molecule is CC1CCC(Oc2nc(N)nc(-n3cccn3)n2)CC1. The van der Waals surface area contributed by atoms with E-state index in [2.05, 4.69) is 27.0 Å². The average molecular weight is 274 g/mol. The van der Waals surface area contributed by atoms with Gasteiger partial charge in [0.15, 0.2) is 0 Å². The summed E-state index contributed by atoms with van der Waals surface area (Å²) in [5, 5.41) is 4.08. The molecule has 2 aromatic rings. The molecule has 0 spiro atoms. The van der Waals surface area contributed by atoms with Crippen LogP contribution in [0.3, 0.4) is 0 Å². The number of aromatic nitrogens is 5. The molecule has 20 heavy (non-hydrogen) atoms. The number of nitrogens with zero attached hydrogens (tertiary/aromatic N) is 5. The van der Waals surface area contributed by atoms with Crippen LogP contribution in [0.2, 0.25) is 0 Å². The van der Waals surface area contributed by atoms with Gasteiger partial charge < -0.3 is 10.5 Å². The second kappa shape index (κ2) is 5.44. The molecule has 7 heteroatoms. The minimum absolute atomic E-state index is 0.143. The fourth-order valence-electron chi connectivity index (χ4n) is 2.40. The molecule has 1 aliphatic carbocycles. The van der Waals surface area contributed by atoms with Crippen molar-refractivity contribution in [3.63, 3.8) is 0 Å². The third kappa shape index (κ3) is 2.87. The Morgan fingerprint density at radius 2 is 2.00 bits per heavy atom. The van der Waals surface area contributed by atoms with Crippen molar-refractivity contribution < 1.29 is 4.74 Å². The molecule has 1 saturated carbocycles. The Balaban J connectivity index is 1.76. The van der Waals surface area contributed by atoms with Gasteiger partial charge in [0.25, 0.3) is 5.95 Å². The Hall–Kier alpha value is -2.18.